The number of methoxy groups -OCH3 is 1. The molecule has 17 heavy (non-hydrogen) atoms. The summed E-state index contributed by atoms with van der Waals surface area (Å²) in [6.45, 7) is 5.78. The van der Waals surface area contributed by atoms with Crippen LogP contribution in [0.5, 0.6) is 0 Å². The smallest absolute Gasteiger partial charge is 0.327 e. The van der Waals surface area contributed by atoms with Crippen molar-refractivity contribution >= 4 is 5.97 Å². The third-order valence-electron chi connectivity index (χ3n) is 3.95. The van der Waals surface area contributed by atoms with Gasteiger partial charge in [0.25, 0.3) is 0 Å². The Labute approximate surface area is 105 Å². The lowest BCUT2D eigenvalue weighted by molar-refractivity contribution is -0.148. The Hall–Kier alpha value is -0.610. The molecule has 0 spiro atoms. The molecule has 1 aliphatic rings. The SMILES string of the molecule is CCN(CC(C)(NC)C(=O)OC)C1CCCC1. The number of rotatable bonds is 6. The van der Waals surface area contributed by atoms with Crippen LogP contribution in [0.1, 0.15) is 39.5 Å². The van der Waals surface area contributed by atoms with Crippen molar-refractivity contribution in [2.45, 2.75) is 51.1 Å². The number of hydrogen-bond donors (Lipinski definition) is 1. The maximum absolute atomic E-state index is 11.8. The number of nitrogens with zero attached hydrogens (tertiary/aromatic N) is 1. The van der Waals surface area contributed by atoms with Crippen LogP contribution < -0.4 is 5.32 Å². The standard InChI is InChI=1S/C13H26N2O2/c1-5-15(11-8-6-7-9-11)10-13(2,14-3)12(16)17-4/h11,14H,5-10H2,1-4H3. The second-order valence-corrected chi connectivity index (χ2v) is 5.08. The second-order valence-electron chi connectivity index (χ2n) is 5.08. The normalized spacial score (nSPS) is 20.5. The van der Waals surface area contributed by atoms with Crippen LogP contribution in [0.3, 0.4) is 0 Å². The molecule has 1 atom stereocenters. The van der Waals surface area contributed by atoms with Gasteiger partial charge in [0.15, 0.2) is 0 Å². The fourth-order valence-electron chi connectivity index (χ4n) is 2.65. The minimum Gasteiger partial charge on any atom is -0.468 e. The minimum absolute atomic E-state index is 0.184. The summed E-state index contributed by atoms with van der Waals surface area (Å²) in [5, 5.41) is 3.10. The van der Waals surface area contributed by atoms with Crippen LogP contribution in [-0.4, -0.2) is 49.7 Å². The quantitative estimate of drug-likeness (QED) is 0.715. The van der Waals surface area contributed by atoms with Gasteiger partial charge in [-0.1, -0.05) is 19.8 Å². The highest BCUT2D eigenvalue weighted by Gasteiger charge is 2.36. The van der Waals surface area contributed by atoms with Gasteiger partial charge in [-0.2, -0.15) is 0 Å². The molecule has 0 heterocycles. The topological polar surface area (TPSA) is 41.6 Å². The van der Waals surface area contributed by atoms with Crippen LogP contribution in [0.4, 0.5) is 0 Å². The maximum Gasteiger partial charge on any atom is 0.327 e. The number of carbonyl (C=O) groups is 1. The molecule has 4 nitrogen and oxygen atoms in total. The molecule has 1 aliphatic carbocycles. The van der Waals surface area contributed by atoms with Gasteiger partial charge in [-0.3, -0.25) is 9.69 Å². The lowest BCUT2D eigenvalue weighted by Gasteiger charge is -2.35. The number of carbonyl (C=O) groups excluding carboxylic acids is 1. The van der Waals surface area contributed by atoms with E-state index in [1.807, 2.05) is 14.0 Å². The summed E-state index contributed by atoms with van der Waals surface area (Å²) in [6.07, 6.45) is 5.15. The Kier molecular flexibility index (Phi) is 5.40. The van der Waals surface area contributed by atoms with Crippen molar-refractivity contribution in [3.8, 4) is 0 Å². The molecule has 4 heteroatoms. The second kappa shape index (κ2) is 6.36. The summed E-state index contributed by atoms with van der Waals surface area (Å²) in [4.78, 5) is 14.2. The molecule has 1 saturated carbocycles. The van der Waals surface area contributed by atoms with Crippen LogP contribution in [0.25, 0.3) is 0 Å². The van der Waals surface area contributed by atoms with Gasteiger partial charge in [-0.15, -0.1) is 0 Å². The van der Waals surface area contributed by atoms with Crippen molar-refractivity contribution in [1.82, 2.24) is 10.2 Å². The molecule has 0 amide bonds. The first-order valence-corrected chi connectivity index (χ1v) is 6.58. The summed E-state index contributed by atoms with van der Waals surface area (Å²) in [6, 6.07) is 0.636. The lowest BCUT2D eigenvalue weighted by Crippen LogP contribution is -2.57. The van der Waals surface area contributed by atoms with Crippen molar-refractivity contribution in [1.29, 1.82) is 0 Å². The lowest BCUT2D eigenvalue weighted by atomic mass is 10.0. The zero-order chi connectivity index (χ0) is 12.9. The Morgan fingerprint density at radius 1 is 1.47 bits per heavy atom. The van der Waals surface area contributed by atoms with Crippen molar-refractivity contribution < 1.29 is 9.53 Å². The summed E-state index contributed by atoms with van der Waals surface area (Å²) < 4.78 is 4.89. The predicted molar refractivity (Wildman–Crippen MR) is 69.0 cm³/mol. The molecule has 100 valence electrons. The first-order valence-electron chi connectivity index (χ1n) is 6.58. The summed E-state index contributed by atoms with van der Waals surface area (Å²) in [5.74, 6) is -0.184. The van der Waals surface area contributed by atoms with E-state index in [2.05, 4.69) is 17.1 Å². The van der Waals surface area contributed by atoms with Crippen LogP contribution >= 0.6 is 0 Å². The number of hydrogen-bond acceptors (Lipinski definition) is 4. The molecular formula is C13H26N2O2. The van der Waals surface area contributed by atoms with E-state index in [-0.39, 0.29) is 5.97 Å². The summed E-state index contributed by atoms with van der Waals surface area (Å²) in [5.41, 5.74) is -0.604. The highest BCUT2D eigenvalue weighted by molar-refractivity contribution is 5.80. The van der Waals surface area contributed by atoms with Gasteiger partial charge in [0.05, 0.1) is 7.11 Å². The van der Waals surface area contributed by atoms with Crippen LogP contribution in [0.2, 0.25) is 0 Å². The molecule has 0 saturated heterocycles. The van der Waals surface area contributed by atoms with E-state index < -0.39 is 5.54 Å². The van der Waals surface area contributed by atoms with Gasteiger partial charge in [0.1, 0.15) is 5.54 Å². The fraction of sp³-hybridized carbons (Fsp3) is 0.923. The molecule has 1 unspecified atom stereocenters. The Balaban J connectivity index is 2.66. The highest BCUT2D eigenvalue weighted by atomic mass is 16.5. The van der Waals surface area contributed by atoms with Gasteiger partial charge >= 0.3 is 5.97 Å². The predicted octanol–water partition coefficient (Wildman–Crippen LogP) is 1.40. The van der Waals surface area contributed by atoms with E-state index in [0.29, 0.717) is 6.04 Å². The van der Waals surface area contributed by atoms with Gasteiger partial charge < -0.3 is 10.1 Å². The molecule has 0 aliphatic heterocycles. The zero-order valence-corrected chi connectivity index (χ0v) is 11.6. The Bertz CT molecular complexity index is 252. The highest BCUT2D eigenvalue weighted by Crippen LogP contribution is 2.24. The first kappa shape index (κ1) is 14.5. The minimum atomic E-state index is -0.604. The monoisotopic (exact) mass is 242 g/mol. The molecule has 0 radical (unpaired) electrons. The van der Waals surface area contributed by atoms with E-state index in [1.165, 1.54) is 32.8 Å². The van der Waals surface area contributed by atoms with E-state index in [1.54, 1.807) is 0 Å². The van der Waals surface area contributed by atoms with Gasteiger partial charge in [-0.25, -0.2) is 0 Å². The molecule has 0 bridgehead atoms. The summed E-state index contributed by atoms with van der Waals surface area (Å²) >= 11 is 0. The fourth-order valence-corrected chi connectivity index (χ4v) is 2.65. The Morgan fingerprint density at radius 2 is 2.06 bits per heavy atom. The molecule has 0 aromatic rings. The molecule has 0 aromatic carbocycles. The first-order chi connectivity index (χ1) is 8.07. The average Bonchev–Trinajstić information content (AvgIpc) is 2.88. The molecular weight excluding hydrogens is 216 g/mol. The van der Waals surface area contributed by atoms with E-state index in [4.69, 9.17) is 4.74 Å². The third-order valence-corrected chi connectivity index (χ3v) is 3.95. The van der Waals surface area contributed by atoms with Crippen molar-refractivity contribution in [2.24, 2.45) is 0 Å². The third kappa shape index (κ3) is 3.42. The molecule has 1 N–H and O–H groups in total. The number of ether oxygens (including phenoxy) is 1. The van der Waals surface area contributed by atoms with E-state index in [9.17, 15) is 4.79 Å². The summed E-state index contributed by atoms with van der Waals surface area (Å²) in [7, 11) is 3.27. The van der Waals surface area contributed by atoms with E-state index >= 15 is 0 Å². The molecule has 0 aromatic heterocycles. The average molecular weight is 242 g/mol. The van der Waals surface area contributed by atoms with Crippen LogP contribution in [0.15, 0.2) is 0 Å². The number of nitrogens with one attached hydrogen (secondary N) is 1. The van der Waals surface area contributed by atoms with Crippen LogP contribution in [0, 0.1) is 0 Å². The van der Waals surface area contributed by atoms with Crippen LogP contribution in [-0.2, 0) is 9.53 Å². The number of likely N-dealkylation sites (N-methyl/N-ethyl adjacent to an activating group) is 2. The number of esters is 1. The largest absolute Gasteiger partial charge is 0.468 e. The molecule has 1 fully saturated rings. The van der Waals surface area contributed by atoms with E-state index in [0.717, 1.165) is 13.1 Å². The van der Waals surface area contributed by atoms with Gasteiger partial charge in [0, 0.05) is 12.6 Å². The van der Waals surface area contributed by atoms with Gasteiger partial charge in [0.2, 0.25) is 0 Å². The zero-order valence-electron chi connectivity index (χ0n) is 11.6. The van der Waals surface area contributed by atoms with Crippen molar-refractivity contribution in [3.63, 3.8) is 0 Å². The molecule has 1 rings (SSSR count). The Morgan fingerprint density at radius 3 is 2.47 bits per heavy atom. The van der Waals surface area contributed by atoms with Gasteiger partial charge in [-0.05, 0) is 33.4 Å². The maximum atomic E-state index is 11.8. The van der Waals surface area contributed by atoms with Crippen molar-refractivity contribution in [2.75, 3.05) is 27.2 Å². The van der Waals surface area contributed by atoms with Crippen molar-refractivity contribution in [3.05, 3.63) is 0 Å².